The van der Waals surface area contributed by atoms with Crippen LogP contribution < -0.4 is 15.2 Å². The molecule has 1 aromatic heterocycles. The van der Waals surface area contributed by atoms with E-state index >= 15 is 0 Å². The quantitative estimate of drug-likeness (QED) is 0.767. The maximum Gasteiger partial charge on any atom is 0.322 e. The van der Waals surface area contributed by atoms with Crippen molar-refractivity contribution in [3.05, 3.63) is 39.3 Å². The monoisotopic (exact) mass is 356 g/mol. The third-order valence-corrected chi connectivity index (χ3v) is 4.17. The summed E-state index contributed by atoms with van der Waals surface area (Å²) in [6, 6.07) is 4.69. The molecule has 0 saturated heterocycles. The second-order valence-electron chi connectivity index (χ2n) is 4.69. The zero-order chi connectivity index (χ0) is 16.8. The molecule has 2 aromatic rings. The van der Waals surface area contributed by atoms with E-state index < -0.39 is 12.0 Å². The molecule has 0 aliphatic heterocycles. The third kappa shape index (κ3) is 4.82. The summed E-state index contributed by atoms with van der Waals surface area (Å²) in [5.41, 5.74) is 6.62. The van der Waals surface area contributed by atoms with Crippen LogP contribution in [0.5, 0.6) is 11.5 Å². The van der Waals surface area contributed by atoms with Gasteiger partial charge in [-0.25, -0.2) is 4.98 Å². The van der Waals surface area contributed by atoms with Crippen molar-refractivity contribution in [1.82, 2.24) is 4.98 Å². The van der Waals surface area contributed by atoms with E-state index in [2.05, 4.69) is 9.72 Å². The fourth-order valence-corrected chi connectivity index (χ4v) is 2.84. The lowest BCUT2D eigenvalue weighted by Crippen LogP contribution is -2.33. The Kier molecular flexibility index (Phi) is 6.20. The Hall–Kier alpha value is -1.83. The number of halogens is 1. The molecule has 1 atom stereocenters. The number of hydrogen-bond acceptors (Lipinski definition) is 7. The molecule has 1 aromatic carbocycles. The lowest BCUT2D eigenvalue weighted by Gasteiger charge is -2.13. The van der Waals surface area contributed by atoms with Gasteiger partial charge in [0.2, 0.25) is 0 Å². The molecule has 0 radical (unpaired) electrons. The molecule has 0 aliphatic rings. The third-order valence-electron chi connectivity index (χ3n) is 3.08. The van der Waals surface area contributed by atoms with Crippen molar-refractivity contribution in [2.75, 3.05) is 14.2 Å². The van der Waals surface area contributed by atoms with Gasteiger partial charge in [0.1, 0.15) is 12.6 Å². The zero-order valence-corrected chi connectivity index (χ0v) is 14.3. The van der Waals surface area contributed by atoms with E-state index in [0.717, 1.165) is 10.4 Å². The van der Waals surface area contributed by atoms with Crippen LogP contribution in [0.1, 0.15) is 10.4 Å². The number of benzene rings is 1. The molecule has 23 heavy (non-hydrogen) atoms. The number of rotatable bonds is 7. The first-order valence-corrected chi connectivity index (χ1v) is 7.96. The number of methoxy groups -OCH3 is 2. The predicted molar refractivity (Wildman–Crippen MR) is 88.1 cm³/mol. The first-order valence-electron chi connectivity index (χ1n) is 6.76. The molecule has 0 aliphatic carbocycles. The molecular formula is C15H17ClN2O4S. The number of thiazole rings is 1. The fraction of sp³-hybridized carbons (Fsp3) is 0.333. The normalized spacial score (nSPS) is 11.8. The number of carbonyl (C=O) groups excluding carboxylic acids is 1. The van der Waals surface area contributed by atoms with Gasteiger partial charge in [0.15, 0.2) is 16.0 Å². The predicted octanol–water partition coefficient (Wildman–Crippen LogP) is 2.43. The Morgan fingerprint density at radius 3 is 2.78 bits per heavy atom. The molecule has 0 saturated carbocycles. The summed E-state index contributed by atoms with van der Waals surface area (Å²) < 4.78 is 16.1. The number of carbonyl (C=O) groups is 1. The van der Waals surface area contributed by atoms with Crippen molar-refractivity contribution in [1.29, 1.82) is 0 Å². The van der Waals surface area contributed by atoms with Crippen molar-refractivity contribution >= 4 is 28.9 Å². The molecule has 6 nitrogen and oxygen atoms in total. The highest BCUT2D eigenvalue weighted by Crippen LogP contribution is 2.30. The van der Waals surface area contributed by atoms with Gasteiger partial charge in [0.05, 0.1) is 19.1 Å². The minimum absolute atomic E-state index is 0.349. The average Bonchev–Trinajstić information content (AvgIpc) is 2.98. The van der Waals surface area contributed by atoms with Gasteiger partial charge in [0, 0.05) is 6.20 Å². The van der Waals surface area contributed by atoms with Gasteiger partial charge in [-0.2, -0.15) is 0 Å². The van der Waals surface area contributed by atoms with Crippen molar-refractivity contribution < 1.29 is 19.0 Å². The van der Waals surface area contributed by atoms with Gasteiger partial charge in [0.25, 0.3) is 0 Å². The van der Waals surface area contributed by atoms with Crippen LogP contribution >= 0.6 is 22.9 Å². The van der Waals surface area contributed by atoms with Crippen LogP contribution in [0.15, 0.2) is 24.4 Å². The van der Waals surface area contributed by atoms with E-state index in [1.54, 1.807) is 25.4 Å². The van der Waals surface area contributed by atoms with E-state index in [-0.39, 0.29) is 0 Å². The Labute approximate surface area is 143 Å². The minimum Gasteiger partial charge on any atom is -0.493 e. The highest BCUT2D eigenvalue weighted by molar-refractivity contribution is 7.15. The summed E-state index contributed by atoms with van der Waals surface area (Å²) in [6.07, 6.45) is 2.02. The first-order chi connectivity index (χ1) is 11.0. The number of ether oxygens (including phenoxy) is 3. The standard InChI is InChI=1S/C15H17ClN2O4S/c1-20-13-6-9(5-11(17)14(19)21-2)3-4-12(13)22-8-10-7-18-15(16)23-10/h3-4,6-7,11H,5,8,17H2,1-2H3. The highest BCUT2D eigenvalue weighted by Gasteiger charge is 2.16. The van der Waals surface area contributed by atoms with Crippen molar-refractivity contribution in [2.24, 2.45) is 5.73 Å². The van der Waals surface area contributed by atoms with E-state index in [4.69, 9.17) is 26.8 Å². The summed E-state index contributed by atoms with van der Waals surface area (Å²) in [5, 5.41) is 0. The van der Waals surface area contributed by atoms with E-state index in [1.165, 1.54) is 18.4 Å². The first kappa shape index (κ1) is 17.5. The van der Waals surface area contributed by atoms with Gasteiger partial charge < -0.3 is 19.9 Å². The molecule has 0 fully saturated rings. The topological polar surface area (TPSA) is 83.7 Å². The van der Waals surface area contributed by atoms with Crippen molar-refractivity contribution in [3.63, 3.8) is 0 Å². The summed E-state index contributed by atoms with van der Waals surface area (Å²) >= 11 is 7.14. The van der Waals surface area contributed by atoms with Crippen LogP contribution in [-0.2, 0) is 22.6 Å². The largest absolute Gasteiger partial charge is 0.493 e. The van der Waals surface area contributed by atoms with Gasteiger partial charge in [-0.15, -0.1) is 11.3 Å². The lowest BCUT2D eigenvalue weighted by atomic mass is 10.1. The molecule has 2 rings (SSSR count). The number of hydrogen-bond donors (Lipinski definition) is 1. The maximum absolute atomic E-state index is 11.4. The average molecular weight is 357 g/mol. The van der Waals surface area contributed by atoms with E-state index in [0.29, 0.717) is 29.0 Å². The Balaban J connectivity index is 2.05. The Morgan fingerprint density at radius 1 is 1.39 bits per heavy atom. The molecule has 1 unspecified atom stereocenters. The molecule has 0 bridgehead atoms. The van der Waals surface area contributed by atoms with Crippen LogP contribution in [0.4, 0.5) is 0 Å². The fourth-order valence-electron chi connectivity index (χ4n) is 1.95. The summed E-state index contributed by atoms with van der Waals surface area (Å²) in [6.45, 7) is 0.349. The van der Waals surface area contributed by atoms with Crippen LogP contribution in [0.2, 0.25) is 4.47 Å². The van der Waals surface area contributed by atoms with Crippen LogP contribution in [-0.4, -0.2) is 31.2 Å². The number of nitrogens with two attached hydrogens (primary N) is 1. The van der Waals surface area contributed by atoms with Crippen molar-refractivity contribution in [2.45, 2.75) is 19.1 Å². The SMILES string of the molecule is COC(=O)C(N)Cc1ccc(OCc2cnc(Cl)s2)c(OC)c1. The van der Waals surface area contributed by atoms with Crippen LogP contribution in [0.3, 0.4) is 0 Å². The minimum atomic E-state index is -0.712. The molecule has 2 N–H and O–H groups in total. The van der Waals surface area contributed by atoms with E-state index in [9.17, 15) is 4.79 Å². The van der Waals surface area contributed by atoms with Gasteiger partial charge in [-0.3, -0.25) is 4.79 Å². The molecular weight excluding hydrogens is 340 g/mol. The second kappa shape index (κ2) is 8.14. The molecule has 1 heterocycles. The highest BCUT2D eigenvalue weighted by atomic mass is 35.5. The number of aromatic nitrogens is 1. The van der Waals surface area contributed by atoms with Crippen LogP contribution in [0.25, 0.3) is 0 Å². The molecule has 0 spiro atoms. The van der Waals surface area contributed by atoms with Gasteiger partial charge in [-0.05, 0) is 24.1 Å². The Bertz CT molecular complexity index is 677. The summed E-state index contributed by atoms with van der Waals surface area (Å²) in [5.74, 6) is 0.703. The Morgan fingerprint density at radius 2 is 2.17 bits per heavy atom. The molecule has 124 valence electrons. The van der Waals surface area contributed by atoms with Crippen molar-refractivity contribution in [3.8, 4) is 11.5 Å². The van der Waals surface area contributed by atoms with Crippen LogP contribution in [0, 0.1) is 0 Å². The molecule has 8 heteroatoms. The zero-order valence-electron chi connectivity index (χ0n) is 12.7. The van der Waals surface area contributed by atoms with Gasteiger partial charge >= 0.3 is 5.97 Å². The smallest absolute Gasteiger partial charge is 0.322 e. The number of esters is 1. The maximum atomic E-state index is 11.4. The lowest BCUT2D eigenvalue weighted by molar-refractivity contribution is -0.142. The number of nitrogens with zero attached hydrogens (tertiary/aromatic N) is 1. The summed E-state index contributed by atoms with van der Waals surface area (Å²) in [7, 11) is 2.86. The summed E-state index contributed by atoms with van der Waals surface area (Å²) in [4.78, 5) is 16.2. The van der Waals surface area contributed by atoms with E-state index in [1.807, 2.05) is 6.07 Å². The second-order valence-corrected chi connectivity index (χ2v) is 6.38. The molecule has 0 amide bonds. The van der Waals surface area contributed by atoms with Gasteiger partial charge in [-0.1, -0.05) is 17.7 Å².